The lowest BCUT2D eigenvalue weighted by Crippen LogP contribution is -2.12. The van der Waals surface area contributed by atoms with Crippen LogP contribution in [0.1, 0.15) is 10.4 Å². The molecule has 0 fully saturated rings. The van der Waals surface area contributed by atoms with Gasteiger partial charge in [0.05, 0.1) is 16.8 Å². The van der Waals surface area contributed by atoms with Gasteiger partial charge in [0.1, 0.15) is 0 Å². The molecule has 3 rings (SSSR count). The van der Waals surface area contributed by atoms with E-state index in [-0.39, 0.29) is 0 Å². The Balaban J connectivity index is 2.34. The second-order valence-electron chi connectivity index (χ2n) is 4.56. The third-order valence-corrected chi connectivity index (χ3v) is 4.01. The maximum Gasteiger partial charge on any atom is 0.249 e. The minimum Gasteiger partial charge on any atom is -0.366 e. The summed E-state index contributed by atoms with van der Waals surface area (Å²) in [6.45, 7) is 0. The van der Waals surface area contributed by atoms with Crippen LogP contribution in [0.4, 0.5) is 0 Å². The van der Waals surface area contributed by atoms with Crippen molar-refractivity contribution in [2.24, 2.45) is 5.73 Å². The number of fused-ring (bicyclic) bond motifs is 1. The number of benzene rings is 2. The maximum absolute atomic E-state index is 11.7. The lowest BCUT2D eigenvalue weighted by Gasteiger charge is -2.09. The molecule has 21 heavy (non-hydrogen) atoms. The topological polar surface area (TPSA) is 56.0 Å². The van der Waals surface area contributed by atoms with Crippen LogP contribution in [0.25, 0.3) is 22.2 Å². The molecule has 0 spiro atoms. The highest BCUT2D eigenvalue weighted by Gasteiger charge is 2.13. The maximum atomic E-state index is 11.7. The molecule has 3 aromatic rings. The molecule has 0 saturated heterocycles. The summed E-state index contributed by atoms with van der Waals surface area (Å²) in [5.41, 5.74) is 8.02. The van der Waals surface area contributed by atoms with E-state index in [0.29, 0.717) is 27.2 Å². The number of carbonyl (C=O) groups is 1. The third-order valence-electron chi connectivity index (χ3n) is 3.19. The van der Waals surface area contributed by atoms with E-state index < -0.39 is 5.91 Å². The van der Waals surface area contributed by atoms with Crippen molar-refractivity contribution in [2.45, 2.75) is 0 Å². The van der Waals surface area contributed by atoms with Gasteiger partial charge in [0, 0.05) is 20.4 Å². The Morgan fingerprint density at radius 3 is 2.62 bits per heavy atom. The number of nitrogens with zero attached hydrogens (tertiary/aromatic N) is 1. The van der Waals surface area contributed by atoms with Crippen molar-refractivity contribution in [3.63, 3.8) is 0 Å². The predicted octanol–water partition coefficient (Wildman–Crippen LogP) is 4.42. The van der Waals surface area contributed by atoms with Crippen LogP contribution in [0.15, 0.2) is 53.0 Å². The number of hydrogen-bond donors (Lipinski definition) is 1. The molecule has 1 aromatic heterocycles. The lowest BCUT2D eigenvalue weighted by molar-refractivity contribution is 0.100. The van der Waals surface area contributed by atoms with Gasteiger partial charge in [-0.1, -0.05) is 45.7 Å². The van der Waals surface area contributed by atoms with Gasteiger partial charge in [-0.2, -0.15) is 0 Å². The first-order valence-corrected chi connectivity index (χ1v) is 7.38. The van der Waals surface area contributed by atoms with Crippen molar-refractivity contribution in [3.05, 3.63) is 63.6 Å². The van der Waals surface area contributed by atoms with Crippen LogP contribution in [0.2, 0.25) is 5.02 Å². The van der Waals surface area contributed by atoms with E-state index in [1.165, 1.54) is 0 Å². The first-order chi connectivity index (χ1) is 10.1. The first kappa shape index (κ1) is 14.0. The number of carbonyl (C=O) groups excluding carboxylic acids is 1. The van der Waals surface area contributed by atoms with Crippen LogP contribution in [-0.2, 0) is 0 Å². The van der Waals surface area contributed by atoms with E-state index in [0.717, 1.165) is 10.0 Å². The highest BCUT2D eigenvalue weighted by Crippen LogP contribution is 2.30. The normalized spacial score (nSPS) is 10.8. The fraction of sp³-hybridized carbons (Fsp3) is 0. The average molecular weight is 362 g/mol. The zero-order valence-corrected chi connectivity index (χ0v) is 13.1. The van der Waals surface area contributed by atoms with Crippen molar-refractivity contribution in [1.29, 1.82) is 0 Å². The van der Waals surface area contributed by atoms with Gasteiger partial charge in [-0.15, -0.1) is 0 Å². The summed E-state index contributed by atoms with van der Waals surface area (Å²) in [7, 11) is 0. The van der Waals surface area contributed by atoms with Gasteiger partial charge in [0.2, 0.25) is 5.91 Å². The zero-order chi connectivity index (χ0) is 15.0. The van der Waals surface area contributed by atoms with Crippen molar-refractivity contribution in [1.82, 2.24) is 4.98 Å². The van der Waals surface area contributed by atoms with Crippen molar-refractivity contribution in [2.75, 3.05) is 0 Å². The number of halogens is 2. The number of hydrogen-bond acceptors (Lipinski definition) is 2. The Labute approximate surface area is 134 Å². The van der Waals surface area contributed by atoms with Gasteiger partial charge < -0.3 is 5.73 Å². The van der Waals surface area contributed by atoms with Gasteiger partial charge in [0.25, 0.3) is 0 Å². The fourth-order valence-corrected chi connectivity index (χ4v) is 2.80. The monoisotopic (exact) mass is 360 g/mol. The number of aromatic nitrogens is 1. The highest BCUT2D eigenvalue weighted by atomic mass is 79.9. The van der Waals surface area contributed by atoms with E-state index in [2.05, 4.69) is 20.9 Å². The van der Waals surface area contributed by atoms with E-state index in [1.54, 1.807) is 12.1 Å². The summed E-state index contributed by atoms with van der Waals surface area (Å²) in [5, 5.41) is 1.30. The SMILES string of the molecule is NC(=O)c1cc(-c2ccccc2Cl)nc2ccc(Br)cc12. The largest absolute Gasteiger partial charge is 0.366 e. The molecule has 104 valence electrons. The standard InChI is InChI=1S/C16H10BrClN2O/c17-9-5-6-14-11(7-9)12(16(19)21)8-15(20-14)10-3-1-2-4-13(10)18/h1-8H,(H2,19,21). The van der Waals surface area contributed by atoms with Gasteiger partial charge in [-0.05, 0) is 30.3 Å². The number of rotatable bonds is 2. The molecule has 0 saturated carbocycles. The van der Waals surface area contributed by atoms with Gasteiger partial charge >= 0.3 is 0 Å². The molecular weight excluding hydrogens is 352 g/mol. The average Bonchev–Trinajstić information content (AvgIpc) is 2.46. The Morgan fingerprint density at radius 2 is 1.90 bits per heavy atom. The minimum atomic E-state index is -0.492. The van der Waals surface area contributed by atoms with Crippen LogP contribution in [0, 0.1) is 0 Å². The number of pyridine rings is 1. The summed E-state index contributed by atoms with van der Waals surface area (Å²) in [6.07, 6.45) is 0. The molecule has 0 bridgehead atoms. The lowest BCUT2D eigenvalue weighted by atomic mass is 10.0. The third kappa shape index (κ3) is 2.64. The van der Waals surface area contributed by atoms with Crippen molar-refractivity contribution >= 4 is 44.3 Å². The second-order valence-corrected chi connectivity index (χ2v) is 5.88. The van der Waals surface area contributed by atoms with E-state index >= 15 is 0 Å². The highest BCUT2D eigenvalue weighted by molar-refractivity contribution is 9.10. The molecule has 0 aliphatic carbocycles. The summed E-state index contributed by atoms with van der Waals surface area (Å²) >= 11 is 9.59. The molecule has 3 nitrogen and oxygen atoms in total. The molecule has 2 N–H and O–H groups in total. The molecule has 1 heterocycles. The summed E-state index contributed by atoms with van der Waals surface area (Å²) in [6, 6.07) is 14.6. The van der Waals surface area contributed by atoms with Crippen LogP contribution in [-0.4, -0.2) is 10.9 Å². The smallest absolute Gasteiger partial charge is 0.249 e. The fourth-order valence-electron chi connectivity index (χ4n) is 2.21. The first-order valence-electron chi connectivity index (χ1n) is 6.21. The van der Waals surface area contributed by atoms with Gasteiger partial charge in [0.15, 0.2) is 0 Å². The van der Waals surface area contributed by atoms with E-state index in [9.17, 15) is 4.79 Å². The number of amides is 1. The quantitative estimate of drug-likeness (QED) is 0.734. The number of nitrogens with two attached hydrogens (primary N) is 1. The molecule has 0 radical (unpaired) electrons. The number of primary amides is 1. The molecule has 2 aromatic carbocycles. The zero-order valence-electron chi connectivity index (χ0n) is 10.8. The minimum absolute atomic E-state index is 0.427. The summed E-state index contributed by atoms with van der Waals surface area (Å²) in [5.74, 6) is -0.492. The van der Waals surface area contributed by atoms with Crippen LogP contribution in [0.5, 0.6) is 0 Å². The Bertz CT molecular complexity index is 864. The van der Waals surface area contributed by atoms with Gasteiger partial charge in [-0.25, -0.2) is 4.98 Å². The molecule has 0 aliphatic rings. The molecular formula is C16H10BrClN2O. The summed E-state index contributed by atoms with van der Waals surface area (Å²) in [4.78, 5) is 16.3. The predicted molar refractivity (Wildman–Crippen MR) is 88.4 cm³/mol. The Kier molecular flexibility index (Phi) is 3.66. The van der Waals surface area contributed by atoms with Gasteiger partial charge in [-0.3, -0.25) is 4.79 Å². The Hall–Kier alpha value is -1.91. The van der Waals surface area contributed by atoms with Crippen LogP contribution in [0.3, 0.4) is 0 Å². The molecule has 5 heteroatoms. The second kappa shape index (κ2) is 5.47. The molecule has 0 unspecified atom stereocenters. The molecule has 0 atom stereocenters. The van der Waals surface area contributed by atoms with E-state index in [4.69, 9.17) is 17.3 Å². The Morgan fingerprint density at radius 1 is 1.14 bits per heavy atom. The van der Waals surface area contributed by atoms with Crippen molar-refractivity contribution < 1.29 is 4.79 Å². The van der Waals surface area contributed by atoms with Crippen molar-refractivity contribution in [3.8, 4) is 11.3 Å². The van der Waals surface area contributed by atoms with E-state index in [1.807, 2.05) is 36.4 Å². The van der Waals surface area contributed by atoms with Crippen LogP contribution < -0.4 is 5.73 Å². The molecule has 0 aliphatic heterocycles. The summed E-state index contributed by atoms with van der Waals surface area (Å²) < 4.78 is 0.866. The van der Waals surface area contributed by atoms with Crippen LogP contribution >= 0.6 is 27.5 Å². The molecule has 1 amide bonds.